The summed E-state index contributed by atoms with van der Waals surface area (Å²) in [6.45, 7) is 8.64. The van der Waals surface area contributed by atoms with E-state index in [0.717, 1.165) is 18.4 Å². The highest BCUT2D eigenvalue weighted by Gasteiger charge is 2.27. The highest BCUT2D eigenvalue weighted by atomic mass is 19.1. The Bertz CT molecular complexity index is 531. The molecule has 0 N–H and O–H groups in total. The molecule has 0 aromatic heterocycles. The number of aryl methyl sites for hydroxylation is 1. The predicted octanol–water partition coefficient (Wildman–Crippen LogP) is 3.91. The zero-order valence-corrected chi connectivity index (χ0v) is 13.7. The Labute approximate surface area is 131 Å². The van der Waals surface area contributed by atoms with Gasteiger partial charge in [-0.25, -0.2) is 9.18 Å². The van der Waals surface area contributed by atoms with Crippen molar-refractivity contribution in [1.82, 2.24) is 4.90 Å². The van der Waals surface area contributed by atoms with Gasteiger partial charge in [0, 0.05) is 32.0 Å². The summed E-state index contributed by atoms with van der Waals surface area (Å²) in [5.74, 6) is 0.280. The fourth-order valence-corrected chi connectivity index (χ4v) is 2.36. The number of ether oxygens (including phenoxy) is 2. The van der Waals surface area contributed by atoms with E-state index in [1.807, 2.05) is 27.7 Å². The summed E-state index contributed by atoms with van der Waals surface area (Å²) in [6, 6.07) is 4.55. The molecule has 0 saturated carbocycles. The van der Waals surface area contributed by atoms with E-state index in [1.54, 1.807) is 11.0 Å². The molecule has 0 bridgehead atoms. The fraction of sp³-hybridized carbons (Fsp3) is 0.588. The molecule has 122 valence electrons. The number of rotatable bonds is 2. The van der Waals surface area contributed by atoms with Gasteiger partial charge in [0.1, 0.15) is 23.3 Å². The summed E-state index contributed by atoms with van der Waals surface area (Å²) in [4.78, 5) is 13.7. The van der Waals surface area contributed by atoms with E-state index in [1.165, 1.54) is 12.1 Å². The van der Waals surface area contributed by atoms with Crippen LogP contribution in [0.15, 0.2) is 18.2 Å². The summed E-state index contributed by atoms with van der Waals surface area (Å²) in [6.07, 6.45) is 1.15. The number of carbonyl (C=O) groups is 1. The summed E-state index contributed by atoms with van der Waals surface area (Å²) in [7, 11) is 0. The second-order valence-corrected chi connectivity index (χ2v) is 6.69. The summed E-state index contributed by atoms with van der Waals surface area (Å²) in [5.41, 5.74) is 0.430. The number of likely N-dealkylation sites (tertiary alicyclic amines) is 1. The maximum absolute atomic E-state index is 13.3. The molecule has 1 fully saturated rings. The third-order valence-corrected chi connectivity index (χ3v) is 3.54. The largest absolute Gasteiger partial charge is 0.490 e. The SMILES string of the molecule is Cc1ccc(F)cc1OC1CCN(C(=O)OC(C)(C)C)CC1. The first-order valence-electron chi connectivity index (χ1n) is 7.65. The van der Waals surface area contributed by atoms with Crippen LogP contribution in [0.5, 0.6) is 5.75 Å². The van der Waals surface area contributed by atoms with Crippen LogP contribution in [0.25, 0.3) is 0 Å². The highest BCUT2D eigenvalue weighted by Crippen LogP contribution is 2.24. The molecule has 0 spiro atoms. The van der Waals surface area contributed by atoms with Gasteiger partial charge in [-0.05, 0) is 39.3 Å². The van der Waals surface area contributed by atoms with Gasteiger partial charge in [0.2, 0.25) is 0 Å². The van der Waals surface area contributed by atoms with Crippen molar-refractivity contribution in [2.45, 2.75) is 52.2 Å². The number of amides is 1. The molecule has 1 aromatic rings. The van der Waals surface area contributed by atoms with Crippen molar-refractivity contribution in [3.63, 3.8) is 0 Å². The number of carbonyl (C=O) groups excluding carboxylic acids is 1. The average Bonchev–Trinajstić information content (AvgIpc) is 2.42. The van der Waals surface area contributed by atoms with Crippen molar-refractivity contribution in [2.24, 2.45) is 0 Å². The summed E-state index contributed by atoms with van der Waals surface area (Å²) < 4.78 is 24.5. The fourth-order valence-electron chi connectivity index (χ4n) is 2.36. The monoisotopic (exact) mass is 309 g/mol. The minimum atomic E-state index is -0.483. The molecule has 2 rings (SSSR count). The Morgan fingerprint density at radius 3 is 2.50 bits per heavy atom. The van der Waals surface area contributed by atoms with E-state index < -0.39 is 5.60 Å². The van der Waals surface area contributed by atoms with E-state index in [9.17, 15) is 9.18 Å². The van der Waals surface area contributed by atoms with Crippen molar-refractivity contribution in [3.05, 3.63) is 29.6 Å². The van der Waals surface area contributed by atoms with E-state index in [0.29, 0.717) is 18.8 Å². The lowest BCUT2D eigenvalue weighted by Gasteiger charge is -2.33. The summed E-state index contributed by atoms with van der Waals surface area (Å²) >= 11 is 0. The standard InChI is InChI=1S/C17H24FNO3/c1-12-5-6-13(18)11-15(12)21-14-7-9-19(10-8-14)16(20)22-17(2,3)4/h5-6,11,14H,7-10H2,1-4H3. The Kier molecular flexibility index (Phi) is 4.94. The third-order valence-electron chi connectivity index (χ3n) is 3.54. The van der Waals surface area contributed by atoms with Crippen LogP contribution in [0.3, 0.4) is 0 Å². The predicted molar refractivity (Wildman–Crippen MR) is 82.6 cm³/mol. The minimum absolute atomic E-state index is 0.000753. The van der Waals surface area contributed by atoms with Crippen LogP contribution in [0.2, 0.25) is 0 Å². The van der Waals surface area contributed by atoms with Crippen LogP contribution in [0, 0.1) is 12.7 Å². The van der Waals surface area contributed by atoms with Gasteiger partial charge in [-0.1, -0.05) is 6.07 Å². The van der Waals surface area contributed by atoms with Crippen LogP contribution < -0.4 is 4.74 Å². The van der Waals surface area contributed by atoms with Crippen molar-refractivity contribution < 1.29 is 18.7 Å². The number of nitrogens with zero attached hydrogens (tertiary/aromatic N) is 1. The highest BCUT2D eigenvalue weighted by molar-refractivity contribution is 5.68. The molecule has 0 unspecified atom stereocenters. The number of halogens is 1. The second-order valence-electron chi connectivity index (χ2n) is 6.69. The molecular weight excluding hydrogens is 285 g/mol. The summed E-state index contributed by atoms with van der Waals surface area (Å²) in [5, 5.41) is 0. The number of hydrogen-bond donors (Lipinski definition) is 0. The van der Waals surface area contributed by atoms with Crippen LogP contribution in [-0.2, 0) is 4.74 Å². The topological polar surface area (TPSA) is 38.8 Å². The van der Waals surface area contributed by atoms with Gasteiger partial charge >= 0.3 is 6.09 Å². The molecule has 0 aliphatic carbocycles. The Balaban J connectivity index is 1.87. The van der Waals surface area contributed by atoms with Crippen molar-refractivity contribution in [3.8, 4) is 5.75 Å². The van der Waals surface area contributed by atoms with Gasteiger partial charge in [0.15, 0.2) is 0 Å². The van der Waals surface area contributed by atoms with Gasteiger partial charge in [0.05, 0.1) is 0 Å². The van der Waals surface area contributed by atoms with Crippen molar-refractivity contribution in [2.75, 3.05) is 13.1 Å². The van der Waals surface area contributed by atoms with E-state index in [-0.39, 0.29) is 18.0 Å². The van der Waals surface area contributed by atoms with Gasteiger partial charge in [0.25, 0.3) is 0 Å². The zero-order valence-electron chi connectivity index (χ0n) is 13.7. The molecule has 1 aromatic carbocycles. The lowest BCUT2D eigenvalue weighted by molar-refractivity contribution is 0.0126. The van der Waals surface area contributed by atoms with E-state index in [2.05, 4.69) is 0 Å². The number of piperidine rings is 1. The van der Waals surface area contributed by atoms with Crippen LogP contribution in [0.1, 0.15) is 39.2 Å². The molecule has 1 heterocycles. The lowest BCUT2D eigenvalue weighted by atomic mass is 10.1. The van der Waals surface area contributed by atoms with E-state index >= 15 is 0 Å². The zero-order chi connectivity index (χ0) is 16.3. The molecule has 0 radical (unpaired) electrons. The molecule has 1 aliphatic rings. The Morgan fingerprint density at radius 1 is 1.27 bits per heavy atom. The number of hydrogen-bond acceptors (Lipinski definition) is 3. The maximum atomic E-state index is 13.3. The molecular formula is C17H24FNO3. The molecule has 1 aliphatic heterocycles. The second kappa shape index (κ2) is 6.55. The van der Waals surface area contributed by atoms with Gasteiger partial charge < -0.3 is 14.4 Å². The first-order chi connectivity index (χ1) is 10.2. The molecule has 5 heteroatoms. The Hall–Kier alpha value is -1.78. The Morgan fingerprint density at radius 2 is 1.91 bits per heavy atom. The van der Waals surface area contributed by atoms with E-state index in [4.69, 9.17) is 9.47 Å². The quantitative estimate of drug-likeness (QED) is 0.831. The van der Waals surface area contributed by atoms with Crippen LogP contribution in [0.4, 0.5) is 9.18 Å². The lowest BCUT2D eigenvalue weighted by Crippen LogP contribution is -2.44. The molecule has 22 heavy (non-hydrogen) atoms. The first kappa shape index (κ1) is 16.6. The average molecular weight is 309 g/mol. The van der Waals surface area contributed by atoms with Gasteiger partial charge in [-0.15, -0.1) is 0 Å². The number of benzene rings is 1. The molecule has 1 amide bonds. The van der Waals surface area contributed by atoms with Crippen LogP contribution >= 0.6 is 0 Å². The molecule has 0 atom stereocenters. The normalized spacial score (nSPS) is 16.5. The minimum Gasteiger partial charge on any atom is -0.490 e. The van der Waals surface area contributed by atoms with Crippen molar-refractivity contribution >= 4 is 6.09 Å². The van der Waals surface area contributed by atoms with Crippen molar-refractivity contribution in [1.29, 1.82) is 0 Å². The maximum Gasteiger partial charge on any atom is 0.410 e. The van der Waals surface area contributed by atoms with Gasteiger partial charge in [-0.2, -0.15) is 0 Å². The van der Waals surface area contributed by atoms with Crippen LogP contribution in [-0.4, -0.2) is 35.8 Å². The third kappa shape index (κ3) is 4.61. The smallest absolute Gasteiger partial charge is 0.410 e. The molecule has 1 saturated heterocycles. The van der Waals surface area contributed by atoms with Gasteiger partial charge in [-0.3, -0.25) is 0 Å². The molecule has 4 nitrogen and oxygen atoms in total. The first-order valence-corrected chi connectivity index (χ1v) is 7.65.